The molecule has 3 aliphatic heterocycles. The number of nitrogens with zero attached hydrogens (tertiary/aromatic N) is 8. The molecule has 260 valence electrons. The SMILES string of the molecule is Cc1c(Cl)cc2c(cnn2C2CCCCO2)c1[C@@H]1Cc2nc(N3CC(N(C)C)C3)nc(N3CCN(C(=O)OC(C)(C)C)CC3)c2C[C@H]1C. The number of aromatic nitrogens is 4. The highest BCUT2D eigenvalue weighted by Crippen LogP contribution is 2.45. The van der Waals surface area contributed by atoms with Crippen LogP contribution in [-0.2, 0) is 22.3 Å². The summed E-state index contributed by atoms with van der Waals surface area (Å²) in [6.07, 6.45) is 6.60. The Morgan fingerprint density at radius 2 is 1.81 bits per heavy atom. The first kappa shape index (κ1) is 33.4. The topological polar surface area (TPSA) is 92.1 Å². The summed E-state index contributed by atoms with van der Waals surface area (Å²) in [6.45, 7) is 15.4. The minimum Gasteiger partial charge on any atom is -0.444 e. The highest BCUT2D eigenvalue weighted by Gasteiger charge is 2.38. The van der Waals surface area contributed by atoms with Crippen LogP contribution < -0.4 is 9.80 Å². The standard InChI is InChI=1S/C36H51ClN8O3/c1-22-16-26-29(17-25(22)32-23(2)28(37)18-30-27(32)19-38-45(30)31-10-8-9-15-47-31)39-34(44-20-24(21-44)41(6)7)40-33(26)42-11-13-43(14-12-42)35(46)48-36(3,4)5/h18-19,22,24-25,31H,8-17,20-21H2,1-7H3/t22-,25-,31?/m1/s1. The van der Waals surface area contributed by atoms with E-state index in [0.29, 0.717) is 38.1 Å². The van der Waals surface area contributed by atoms with Gasteiger partial charge in [0.25, 0.3) is 0 Å². The number of carbonyl (C=O) groups excluding carboxylic acids is 1. The van der Waals surface area contributed by atoms with E-state index in [0.717, 1.165) is 90.7 Å². The zero-order chi connectivity index (χ0) is 33.9. The number of rotatable bonds is 5. The molecule has 0 spiro atoms. The monoisotopic (exact) mass is 678 g/mol. The average Bonchev–Trinajstić information content (AvgIpc) is 3.43. The number of hydrogen-bond donors (Lipinski definition) is 0. The summed E-state index contributed by atoms with van der Waals surface area (Å²) < 4.78 is 13.9. The minimum atomic E-state index is -0.515. The lowest BCUT2D eigenvalue weighted by atomic mass is 9.73. The fourth-order valence-corrected chi connectivity index (χ4v) is 8.03. The Kier molecular flexibility index (Phi) is 9.00. The summed E-state index contributed by atoms with van der Waals surface area (Å²) in [5.41, 5.74) is 5.29. The number of carbonyl (C=O) groups is 1. The number of halogens is 1. The van der Waals surface area contributed by atoms with E-state index in [4.69, 9.17) is 36.1 Å². The molecule has 12 heteroatoms. The molecule has 3 aromatic rings. The minimum absolute atomic E-state index is 0.0523. The zero-order valence-corrected chi connectivity index (χ0v) is 30.4. The highest BCUT2D eigenvalue weighted by atomic mass is 35.5. The molecule has 3 fully saturated rings. The van der Waals surface area contributed by atoms with Crippen molar-refractivity contribution in [3.63, 3.8) is 0 Å². The second kappa shape index (κ2) is 12.9. The van der Waals surface area contributed by atoms with E-state index in [1.54, 1.807) is 0 Å². The summed E-state index contributed by atoms with van der Waals surface area (Å²) in [5.74, 6) is 2.40. The molecule has 0 bridgehead atoms. The molecule has 3 saturated heterocycles. The lowest BCUT2D eigenvalue weighted by Gasteiger charge is -2.44. The molecule has 0 N–H and O–H groups in total. The quantitative estimate of drug-likeness (QED) is 0.331. The number of fused-ring (bicyclic) bond motifs is 2. The van der Waals surface area contributed by atoms with Gasteiger partial charge in [-0.1, -0.05) is 18.5 Å². The maximum Gasteiger partial charge on any atom is 0.410 e. The molecule has 11 nitrogen and oxygen atoms in total. The van der Waals surface area contributed by atoms with E-state index in [1.165, 1.54) is 11.1 Å². The van der Waals surface area contributed by atoms with Crippen molar-refractivity contribution >= 4 is 40.4 Å². The van der Waals surface area contributed by atoms with Crippen molar-refractivity contribution in [2.45, 2.75) is 90.5 Å². The summed E-state index contributed by atoms with van der Waals surface area (Å²) >= 11 is 6.99. The van der Waals surface area contributed by atoms with Crippen LogP contribution in [-0.4, -0.2) is 107 Å². The molecular weight excluding hydrogens is 628 g/mol. The molecule has 5 heterocycles. The molecule has 1 unspecified atom stereocenters. The van der Waals surface area contributed by atoms with Crippen molar-refractivity contribution in [3.8, 4) is 0 Å². The number of benzene rings is 1. The molecule has 1 aliphatic carbocycles. The van der Waals surface area contributed by atoms with E-state index in [9.17, 15) is 4.79 Å². The van der Waals surface area contributed by atoms with E-state index in [1.807, 2.05) is 36.5 Å². The van der Waals surface area contributed by atoms with Gasteiger partial charge in [0.2, 0.25) is 5.95 Å². The van der Waals surface area contributed by atoms with Crippen LogP contribution >= 0.6 is 11.6 Å². The van der Waals surface area contributed by atoms with Gasteiger partial charge >= 0.3 is 6.09 Å². The summed E-state index contributed by atoms with van der Waals surface area (Å²) in [6, 6.07) is 2.56. The van der Waals surface area contributed by atoms with E-state index in [-0.39, 0.29) is 18.2 Å². The summed E-state index contributed by atoms with van der Waals surface area (Å²) in [7, 11) is 4.27. The van der Waals surface area contributed by atoms with Crippen LogP contribution in [0.25, 0.3) is 10.9 Å². The van der Waals surface area contributed by atoms with Crippen molar-refractivity contribution in [2.75, 3.05) is 69.8 Å². The number of piperazine rings is 1. The second-order valence-electron chi connectivity index (χ2n) is 15.5. The zero-order valence-electron chi connectivity index (χ0n) is 29.6. The third-order valence-corrected chi connectivity index (χ3v) is 11.1. The first-order valence-electron chi connectivity index (χ1n) is 17.7. The van der Waals surface area contributed by atoms with Gasteiger partial charge in [0.1, 0.15) is 11.4 Å². The number of hydrogen-bond acceptors (Lipinski definition) is 9. The predicted molar refractivity (Wildman–Crippen MR) is 189 cm³/mol. The van der Waals surface area contributed by atoms with Crippen LogP contribution in [0.2, 0.25) is 5.02 Å². The molecule has 1 aromatic carbocycles. The van der Waals surface area contributed by atoms with Gasteiger partial charge in [-0.25, -0.2) is 14.5 Å². The molecule has 3 atom stereocenters. The average molecular weight is 679 g/mol. The molecule has 2 aromatic heterocycles. The molecule has 7 rings (SSSR count). The molecule has 0 saturated carbocycles. The first-order valence-corrected chi connectivity index (χ1v) is 18.1. The first-order chi connectivity index (χ1) is 22.9. The Balaban J connectivity index is 1.22. The van der Waals surface area contributed by atoms with Crippen LogP contribution in [0.15, 0.2) is 12.3 Å². The molecule has 0 radical (unpaired) electrons. The van der Waals surface area contributed by atoms with Crippen molar-refractivity contribution in [2.24, 2.45) is 5.92 Å². The normalized spacial score (nSPS) is 23.9. The lowest BCUT2D eigenvalue weighted by molar-refractivity contribution is -0.0366. The summed E-state index contributed by atoms with van der Waals surface area (Å²) in [4.78, 5) is 32.2. The largest absolute Gasteiger partial charge is 0.444 e. The van der Waals surface area contributed by atoms with Gasteiger partial charge in [-0.3, -0.25) is 0 Å². The van der Waals surface area contributed by atoms with Crippen LogP contribution in [0, 0.1) is 12.8 Å². The second-order valence-corrected chi connectivity index (χ2v) is 15.9. The number of likely N-dealkylation sites (N-methyl/N-ethyl adjacent to an activating group) is 1. The van der Waals surface area contributed by atoms with Crippen LogP contribution in [0.3, 0.4) is 0 Å². The maximum absolute atomic E-state index is 12.8. The van der Waals surface area contributed by atoms with E-state index < -0.39 is 5.60 Å². The molecule has 4 aliphatic rings. The Morgan fingerprint density at radius 3 is 2.48 bits per heavy atom. The number of ether oxygens (including phenoxy) is 2. The van der Waals surface area contributed by atoms with Crippen LogP contribution in [0.1, 0.15) is 81.5 Å². The maximum atomic E-state index is 12.8. The Bertz CT molecular complexity index is 1670. The van der Waals surface area contributed by atoms with Gasteiger partial charge in [-0.15, -0.1) is 0 Å². The Morgan fingerprint density at radius 1 is 1.06 bits per heavy atom. The third-order valence-electron chi connectivity index (χ3n) is 10.7. The van der Waals surface area contributed by atoms with E-state index in [2.05, 4.69) is 48.7 Å². The molecule has 48 heavy (non-hydrogen) atoms. The van der Waals surface area contributed by atoms with Gasteiger partial charge in [-0.2, -0.15) is 10.1 Å². The molecule has 1 amide bonds. The predicted octanol–water partition coefficient (Wildman–Crippen LogP) is 5.81. The molecular formula is C36H51ClN8O3. The third kappa shape index (κ3) is 6.33. The van der Waals surface area contributed by atoms with Gasteiger partial charge in [0.05, 0.1) is 17.4 Å². The number of anilines is 2. The summed E-state index contributed by atoms with van der Waals surface area (Å²) in [5, 5.41) is 6.81. The van der Waals surface area contributed by atoms with Crippen LogP contribution in [0.4, 0.5) is 16.6 Å². The van der Waals surface area contributed by atoms with Crippen molar-refractivity contribution in [1.82, 2.24) is 29.5 Å². The lowest BCUT2D eigenvalue weighted by Crippen LogP contribution is -2.58. The smallest absolute Gasteiger partial charge is 0.410 e. The Hall–Kier alpha value is -3.15. The van der Waals surface area contributed by atoms with Crippen molar-refractivity contribution in [1.29, 1.82) is 0 Å². The van der Waals surface area contributed by atoms with Crippen LogP contribution in [0.5, 0.6) is 0 Å². The fraction of sp³-hybridized carbons (Fsp3) is 0.667. The van der Waals surface area contributed by atoms with Gasteiger partial charge in [0, 0.05) is 67.9 Å². The fourth-order valence-electron chi connectivity index (χ4n) is 7.82. The van der Waals surface area contributed by atoms with E-state index >= 15 is 0 Å². The van der Waals surface area contributed by atoms with Crippen molar-refractivity contribution < 1.29 is 14.3 Å². The van der Waals surface area contributed by atoms with Gasteiger partial charge in [-0.05, 0) is 103 Å². The van der Waals surface area contributed by atoms with Gasteiger partial charge < -0.3 is 29.1 Å². The number of amides is 1. The Labute approximate surface area is 289 Å². The van der Waals surface area contributed by atoms with Gasteiger partial charge in [0.15, 0.2) is 6.23 Å². The highest BCUT2D eigenvalue weighted by molar-refractivity contribution is 6.32. The van der Waals surface area contributed by atoms with Crippen molar-refractivity contribution in [3.05, 3.63) is 39.7 Å².